The van der Waals surface area contributed by atoms with Crippen LogP contribution in [0.5, 0.6) is 0 Å². The zero-order valence-electron chi connectivity index (χ0n) is 9.25. The van der Waals surface area contributed by atoms with Gasteiger partial charge in [-0.3, -0.25) is 14.6 Å². The van der Waals surface area contributed by atoms with Crippen molar-refractivity contribution in [2.45, 2.75) is 20.4 Å². The third kappa shape index (κ3) is 22.7. The number of nitrogens with zero attached hydrogens (tertiary/aromatic N) is 1. The van der Waals surface area contributed by atoms with Crippen LogP contribution in [-0.4, -0.2) is 27.1 Å². The molecule has 0 bridgehead atoms. The van der Waals surface area contributed by atoms with Crippen molar-refractivity contribution in [2.75, 3.05) is 0 Å². The maximum Gasteiger partial charge on any atom is 0.300 e. The first kappa shape index (κ1) is 16.5. The number of hydrogen-bond donors (Lipinski definition) is 3. The Hall–Kier alpha value is -1.95. The molecule has 0 unspecified atom stereocenters. The van der Waals surface area contributed by atoms with Gasteiger partial charge in [0.1, 0.15) is 0 Å². The van der Waals surface area contributed by atoms with Crippen molar-refractivity contribution in [2.24, 2.45) is 5.73 Å². The number of carboxylic acids is 2. The maximum atomic E-state index is 9.00. The highest BCUT2D eigenvalue weighted by atomic mass is 16.4. The van der Waals surface area contributed by atoms with Crippen molar-refractivity contribution in [1.82, 2.24) is 4.98 Å². The molecule has 1 heterocycles. The summed E-state index contributed by atoms with van der Waals surface area (Å²) < 4.78 is 0. The molecule has 0 radical (unpaired) electrons. The number of pyridine rings is 1. The summed E-state index contributed by atoms with van der Waals surface area (Å²) in [5.41, 5.74) is 6.22. The molecule has 6 nitrogen and oxygen atoms in total. The van der Waals surface area contributed by atoms with Gasteiger partial charge in [0.25, 0.3) is 11.9 Å². The van der Waals surface area contributed by atoms with Crippen molar-refractivity contribution < 1.29 is 19.8 Å². The molecule has 0 aliphatic rings. The summed E-state index contributed by atoms with van der Waals surface area (Å²) >= 11 is 0. The van der Waals surface area contributed by atoms with Gasteiger partial charge < -0.3 is 15.9 Å². The molecule has 0 spiro atoms. The molecule has 1 aromatic rings. The minimum atomic E-state index is -0.833. The lowest BCUT2D eigenvalue weighted by molar-refractivity contribution is -0.135. The third-order valence-corrected chi connectivity index (χ3v) is 0.935. The average molecular weight is 228 g/mol. The molecule has 16 heavy (non-hydrogen) atoms. The number of nitrogens with two attached hydrogens (primary N) is 1. The first-order chi connectivity index (χ1) is 7.40. The Morgan fingerprint density at radius 1 is 1.25 bits per heavy atom. The summed E-state index contributed by atoms with van der Waals surface area (Å²) in [4.78, 5) is 22.0. The standard InChI is InChI=1S/C6H8N2.2C2H4O2/c7-5-6-3-1-2-4-8-6;2*1-2(3)4/h1-4H,5,7H2;2*1H3,(H,3,4). The van der Waals surface area contributed by atoms with Gasteiger partial charge in [0.05, 0.1) is 5.69 Å². The lowest BCUT2D eigenvalue weighted by Crippen LogP contribution is -1.97. The number of carboxylic acid groups (broad SMARTS) is 2. The molecule has 0 aliphatic heterocycles. The van der Waals surface area contributed by atoms with E-state index in [0.29, 0.717) is 6.54 Å². The van der Waals surface area contributed by atoms with E-state index in [2.05, 4.69) is 4.98 Å². The third-order valence-electron chi connectivity index (χ3n) is 0.935. The van der Waals surface area contributed by atoms with Crippen LogP contribution in [-0.2, 0) is 16.1 Å². The smallest absolute Gasteiger partial charge is 0.300 e. The van der Waals surface area contributed by atoms with E-state index in [-0.39, 0.29) is 0 Å². The van der Waals surface area contributed by atoms with Gasteiger partial charge >= 0.3 is 0 Å². The van der Waals surface area contributed by atoms with E-state index in [9.17, 15) is 0 Å². The topological polar surface area (TPSA) is 114 Å². The SMILES string of the molecule is CC(=O)O.CC(=O)O.NCc1ccccn1. The van der Waals surface area contributed by atoms with E-state index in [1.54, 1.807) is 6.20 Å². The molecule has 0 amide bonds. The average Bonchev–Trinajstić information content (AvgIpc) is 2.17. The fourth-order valence-electron chi connectivity index (χ4n) is 0.519. The van der Waals surface area contributed by atoms with Crippen LogP contribution in [0.2, 0.25) is 0 Å². The molecular weight excluding hydrogens is 212 g/mol. The van der Waals surface area contributed by atoms with Crippen molar-refractivity contribution in [3.8, 4) is 0 Å². The Bertz CT molecular complexity index is 281. The van der Waals surface area contributed by atoms with E-state index >= 15 is 0 Å². The highest BCUT2D eigenvalue weighted by Crippen LogP contribution is 1.88. The highest BCUT2D eigenvalue weighted by Gasteiger charge is 1.81. The Morgan fingerprint density at radius 3 is 1.88 bits per heavy atom. The predicted octanol–water partition coefficient (Wildman–Crippen LogP) is 0.722. The number of rotatable bonds is 1. The van der Waals surface area contributed by atoms with Gasteiger partial charge in [0.15, 0.2) is 0 Å². The van der Waals surface area contributed by atoms with Crippen LogP contribution in [0.25, 0.3) is 0 Å². The molecule has 6 heteroatoms. The molecule has 1 aromatic heterocycles. The number of aliphatic carboxylic acids is 2. The van der Waals surface area contributed by atoms with Crippen LogP contribution in [0, 0.1) is 0 Å². The van der Waals surface area contributed by atoms with Crippen LogP contribution in [0.15, 0.2) is 24.4 Å². The Morgan fingerprint density at radius 2 is 1.69 bits per heavy atom. The molecule has 0 aliphatic carbocycles. The molecular formula is C10H16N2O4. The lowest BCUT2D eigenvalue weighted by atomic mass is 10.4. The second kappa shape index (κ2) is 11.1. The van der Waals surface area contributed by atoms with E-state index < -0.39 is 11.9 Å². The van der Waals surface area contributed by atoms with Crippen molar-refractivity contribution in [3.63, 3.8) is 0 Å². The monoisotopic (exact) mass is 228 g/mol. The molecule has 90 valence electrons. The van der Waals surface area contributed by atoms with Crippen molar-refractivity contribution >= 4 is 11.9 Å². The zero-order valence-corrected chi connectivity index (χ0v) is 9.25. The van der Waals surface area contributed by atoms with Crippen molar-refractivity contribution in [3.05, 3.63) is 30.1 Å². The predicted molar refractivity (Wildman–Crippen MR) is 58.7 cm³/mol. The Kier molecular flexibility index (Phi) is 11.5. The van der Waals surface area contributed by atoms with Gasteiger partial charge in [-0.05, 0) is 12.1 Å². The molecule has 4 N–H and O–H groups in total. The van der Waals surface area contributed by atoms with Gasteiger partial charge in [-0.1, -0.05) is 6.07 Å². The zero-order chi connectivity index (χ0) is 13.0. The molecule has 0 saturated carbocycles. The summed E-state index contributed by atoms with van der Waals surface area (Å²) in [7, 11) is 0. The van der Waals surface area contributed by atoms with Gasteiger partial charge in [0.2, 0.25) is 0 Å². The number of aromatic nitrogens is 1. The second-order valence-electron chi connectivity index (χ2n) is 2.56. The van der Waals surface area contributed by atoms with E-state index in [1.165, 1.54) is 0 Å². The van der Waals surface area contributed by atoms with Gasteiger partial charge in [-0.2, -0.15) is 0 Å². The second-order valence-corrected chi connectivity index (χ2v) is 2.56. The van der Waals surface area contributed by atoms with Gasteiger partial charge in [-0.25, -0.2) is 0 Å². The number of hydrogen-bond acceptors (Lipinski definition) is 4. The largest absolute Gasteiger partial charge is 0.481 e. The first-order valence-corrected chi connectivity index (χ1v) is 4.39. The molecule has 0 saturated heterocycles. The van der Waals surface area contributed by atoms with Gasteiger partial charge in [0, 0.05) is 26.6 Å². The van der Waals surface area contributed by atoms with E-state index in [1.807, 2.05) is 18.2 Å². The molecule has 0 atom stereocenters. The van der Waals surface area contributed by atoms with E-state index in [4.69, 9.17) is 25.5 Å². The van der Waals surface area contributed by atoms with Crippen LogP contribution in [0.3, 0.4) is 0 Å². The summed E-state index contributed by atoms with van der Waals surface area (Å²) in [5.74, 6) is -1.67. The first-order valence-electron chi connectivity index (χ1n) is 4.39. The van der Waals surface area contributed by atoms with Gasteiger partial charge in [-0.15, -0.1) is 0 Å². The van der Waals surface area contributed by atoms with E-state index in [0.717, 1.165) is 19.5 Å². The summed E-state index contributed by atoms with van der Waals surface area (Å²) in [6, 6.07) is 5.70. The lowest BCUT2D eigenvalue weighted by Gasteiger charge is -1.89. The minimum absolute atomic E-state index is 0.529. The normalized spacial score (nSPS) is 7.69. The summed E-state index contributed by atoms with van der Waals surface area (Å²) in [6.07, 6.45) is 1.74. The minimum Gasteiger partial charge on any atom is -0.481 e. The quantitative estimate of drug-likeness (QED) is 0.652. The van der Waals surface area contributed by atoms with Crippen LogP contribution in [0.4, 0.5) is 0 Å². The maximum absolute atomic E-state index is 9.00. The van der Waals surface area contributed by atoms with Crippen molar-refractivity contribution in [1.29, 1.82) is 0 Å². The fourth-order valence-corrected chi connectivity index (χ4v) is 0.519. The Balaban J connectivity index is 0. The Labute approximate surface area is 93.7 Å². The fraction of sp³-hybridized carbons (Fsp3) is 0.300. The molecule has 0 fully saturated rings. The molecule has 1 rings (SSSR count). The highest BCUT2D eigenvalue weighted by molar-refractivity contribution is 5.63. The van der Waals surface area contributed by atoms with Crippen LogP contribution in [0.1, 0.15) is 19.5 Å². The molecule has 0 aromatic carbocycles. The number of carbonyl (C=O) groups is 2. The van der Waals surface area contributed by atoms with Crippen LogP contribution < -0.4 is 5.73 Å². The summed E-state index contributed by atoms with van der Waals surface area (Å²) in [5, 5.41) is 14.8. The summed E-state index contributed by atoms with van der Waals surface area (Å²) in [6.45, 7) is 2.70. The van der Waals surface area contributed by atoms with Crippen LogP contribution >= 0.6 is 0 Å².